The van der Waals surface area contributed by atoms with Crippen LogP contribution in [0.15, 0.2) is 29.8 Å². The van der Waals surface area contributed by atoms with Gasteiger partial charge in [-0.3, -0.25) is 0 Å². The molecule has 1 saturated heterocycles. The summed E-state index contributed by atoms with van der Waals surface area (Å²) in [7, 11) is 1.27. The summed E-state index contributed by atoms with van der Waals surface area (Å²) < 4.78 is 4.56. The largest absolute Gasteiger partial charge is 0.465 e. The van der Waals surface area contributed by atoms with Gasteiger partial charge in [-0.15, -0.1) is 0 Å². The number of benzene rings is 1. The number of esters is 1. The Morgan fingerprint density at radius 1 is 1.25 bits per heavy atom. The second-order valence-corrected chi connectivity index (χ2v) is 4.80. The van der Waals surface area contributed by atoms with E-state index in [1.54, 1.807) is 6.08 Å². The number of methoxy groups -OCH3 is 1. The molecule has 1 fully saturated rings. The van der Waals surface area contributed by atoms with Gasteiger partial charge in [0.2, 0.25) is 0 Å². The summed E-state index contributed by atoms with van der Waals surface area (Å²) >= 11 is 0. The highest BCUT2D eigenvalue weighted by molar-refractivity contribution is 5.97. The van der Waals surface area contributed by atoms with Crippen molar-refractivity contribution in [1.82, 2.24) is 0 Å². The molecular weight excluding hydrogens is 252 g/mol. The van der Waals surface area contributed by atoms with E-state index in [9.17, 15) is 4.79 Å². The number of carbonyl (C=O) groups excluding carboxylic acids is 1. The number of carbonyl (C=O) groups is 1. The molecule has 0 atom stereocenters. The van der Waals surface area contributed by atoms with Crippen LogP contribution in [0.4, 0.5) is 5.69 Å². The van der Waals surface area contributed by atoms with Crippen molar-refractivity contribution < 1.29 is 9.53 Å². The number of ether oxygens (including phenoxy) is 1. The Kier molecular flexibility index (Phi) is 4.78. The van der Waals surface area contributed by atoms with Crippen molar-refractivity contribution in [2.45, 2.75) is 19.3 Å². The zero-order chi connectivity index (χ0) is 14.4. The number of rotatable bonds is 3. The molecule has 20 heavy (non-hydrogen) atoms. The minimum Gasteiger partial charge on any atom is -0.465 e. The molecule has 0 unspecified atom stereocenters. The average molecular weight is 270 g/mol. The topological polar surface area (TPSA) is 53.3 Å². The van der Waals surface area contributed by atoms with Crippen LogP contribution in [0.2, 0.25) is 0 Å². The minimum atomic E-state index is -0.604. The molecule has 2 rings (SSSR count). The molecule has 0 amide bonds. The van der Waals surface area contributed by atoms with Crippen molar-refractivity contribution in [3.05, 3.63) is 35.4 Å². The fourth-order valence-electron chi connectivity index (χ4n) is 2.35. The molecule has 0 aromatic heterocycles. The summed E-state index contributed by atoms with van der Waals surface area (Å²) in [5.41, 5.74) is 2.03. The van der Waals surface area contributed by atoms with Gasteiger partial charge in [0.05, 0.1) is 7.11 Å². The Hall–Kier alpha value is -2.28. The van der Waals surface area contributed by atoms with Gasteiger partial charge in [0, 0.05) is 18.8 Å². The molecule has 1 aliphatic heterocycles. The highest BCUT2D eigenvalue weighted by atomic mass is 16.5. The van der Waals surface area contributed by atoms with Gasteiger partial charge in [-0.1, -0.05) is 12.1 Å². The Bertz CT molecular complexity index is 535. The number of hydrogen-bond donors (Lipinski definition) is 0. The van der Waals surface area contributed by atoms with Crippen LogP contribution in [0, 0.1) is 11.3 Å². The zero-order valence-electron chi connectivity index (χ0n) is 11.6. The van der Waals surface area contributed by atoms with Crippen LogP contribution in [0.3, 0.4) is 0 Å². The normalized spacial score (nSPS) is 15.6. The van der Waals surface area contributed by atoms with Crippen molar-refractivity contribution >= 4 is 17.7 Å². The van der Waals surface area contributed by atoms with Crippen LogP contribution in [-0.2, 0) is 9.53 Å². The molecule has 0 radical (unpaired) electrons. The van der Waals surface area contributed by atoms with E-state index in [2.05, 4.69) is 9.64 Å². The van der Waals surface area contributed by atoms with Gasteiger partial charge in [0.15, 0.2) is 0 Å². The predicted octanol–water partition coefficient (Wildman–Crippen LogP) is 2.76. The summed E-state index contributed by atoms with van der Waals surface area (Å²) in [6, 6.07) is 9.76. The number of anilines is 1. The second-order valence-electron chi connectivity index (χ2n) is 4.80. The number of piperidine rings is 1. The summed E-state index contributed by atoms with van der Waals surface area (Å²) in [5.74, 6) is -0.604. The molecule has 0 aliphatic carbocycles. The molecule has 0 N–H and O–H groups in total. The third kappa shape index (κ3) is 3.39. The Morgan fingerprint density at radius 2 is 1.90 bits per heavy atom. The molecule has 0 bridgehead atoms. The minimum absolute atomic E-state index is 0.0122. The highest BCUT2D eigenvalue weighted by Gasteiger charge is 2.11. The maximum Gasteiger partial charge on any atom is 0.348 e. The smallest absolute Gasteiger partial charge is 0.348 e. The Morgan fingerprint density at radius 3 is 2.45 bits per heavy atom. The summed E-state index contributed by atoms with van der Waals surface area (Å²) in [6.45, 7) is 2.20. The van der Waals surface area contributed by atoms with Crippen molar-refractivity contribution in [3.8, 4) is 6.07 Å². The van der Waals surface area contributed by atoms with Crippen molar-refractivity contribution in [2.24, 2.45) is 0 Å². The van der Waals surface area contributed by atoms with Gasteiger partial charge in [0.25, 0.3) is 0 Å². The van der Waals surface area contributed by atoms with Crippen LogP contribution in [0.5, 0.6) is 0 Å². The van der Waals surface area contributed by atoms with Crippen molar-refractivity contribution in [2.75, 3.05) is 25.1 Å². The molecule has 0 saturated carbocycles. The van der Waals surface area contributed by atoms with Gasteiger partial charge < -0.3 is 9.64 Å². The lowest BCUT2D eigenvalue weighted by atomic mass is 10.1. The zero-order valence-corrected chi connectivity index (χ0v) is 11.6. The first-order valence-electron chi connectivity index (χ1n) is 6.79. The van der Waals surface area contributed by atoms with Gasteiger partial charge >= 0.3 is 5.97 Å². The third-order valence-corrected chi connectivity index (χ3v) is 3.45. The second kappa shape index (κ2) is 6.76. The number of nitrogens with zero attached hydrogens (tertiary/aromatic N) is 2. The SMILES string of the molecule is COC(=O)/C(C#N)=C/c1ccc(N2CCCCC2)cc1. The van der Waals surface area contributed by atoms with Crippen LogP contribution >= 0.6 is 0 Å². The number of nitriles is 1. The fourth-order valence-corrected chi connectivity index (χ4v) is 2.35. The predicted molar refractivity (Wildman–Crippen MR) is 78.1 cm³/mol. The van der Waals surface area contributed by atoms with Gasteiger partial charge in [-0.25, -0.2) is 4.79 Å². The van der Waals surface area contributed by atoms with E-state index in [4.69, 9.17) is 5.26 Å². The van der Waals surface area contributed by atoms with E-state index in [0.717, 1.165) is 18.7 Å². The van der Waals surface area contributed by atoms with Crippen LogP contribution in [-0.4, -0.2) is 26.2 Å². The molecule has 4 heteroatoms. The lowest BCUT2D eigenvalue weighted by molar-refractivity contribution is -0.135. The lowest BCUT2D eigenvalue weighted by Gasteiger charge is -2.28. The van der Waals surface area contributed by atoms with Gasteiger partial charge in [-0.05, 0) is 43.0 Å². The standard InChI is InChI=1S/C16H18N2O2/c1-20-16(19)14(12-17)11-13-5-7-15(8-6-13)18-9-3-2-4-10-18/h5-8,11H,2-4,9-10H2,1H3/b14-11+. The van der Waals surface area contributed by atoms with Gasteiger partial charge in [-0.2, -0.15) is 5.26 Å². The van der Waals surface area contributed by atoms with E-state index < -0.39 is 5.97 Å². The molecule has 1 aliphatic rings. The first kappa shape index (κ1) is 14.1. The van der Waals surface area contributed by atoms with E-state index in [-0.39, 0.29) is 5.57 Å². The Labute approximate surface area is 119 Å². The van der Waals surface area contributed by atoms with Crippen molar-refractivity contribution in [3.63, 3.8) is 0 Å². The molecule has 1 aromatic carbocycles. The molecular formula is C16H18N2O2. The summed E-state index contributed by atoms with van der Waals surface area (Å²) in [5, 5.41) is 8.92. The Balaban J connectivity index is 2.13. The van der Waals surface area contributed by atoms with Crippen LogP contribution in [0.1, 0.15) is 24.8 Å². The summed E-state index contributed by atoms with van der Waals surface area (Å²) in [4.78, 5) is 13.7. The third-order valence-electron chi connectivity index (χ3n) is 3.45. The molecule has 104 valence electrons. The molecule has 1 aromatic rings. The van der Waals surface area contributed by atoms with Crippen molar-refractivity contribution in [1.29, 1.82) is 5.26 Å². The average Bonchev–Trinajstić information content (AvgIpc) is 2.53. The first-order chi connectivity index (χ1) is 9.74. The molecule has 0 spiro atoms. The van der Waals surface area contributed by atoms with E-state index >= 15 is 0 Å². The summed E-state index contributed by atoms with van der Waals surface area (Å²) in [6.07, 6.45) is 5.33. The van der Waals surface area contributed by atoms with E-state index in [0.29, 0.717) is 0 Å². The molecule has 1 heterocycles. The van der Waals surface area contributed by atoms with E-state index in [1.807, 2.05) is 30.3 Å². The number of hydrogen-bond acceptors (Lipinski definition) is 4. The fraction of sp³-hybridized carbons (Fsp3) is 0.375. The maximum atomic E-state index is 11.3. The van der Waals surface area contributed by atoms with Crippen LogP contribution < -0.4 is 4.90 Å². The van der Waals surface area contributed by atoms with Crippen LogP contribution in [0.25, 0.3) is 6.08 Å². The lowest BCUT2D eigenvalue weighted by Crippen LogP contribution is -2.29. The molecule has 4 nitrogen and oxygen atoms in total. The highest BCUT2D eigenvalue weighted by Crippen LogP contribution is 2.21. The monoisotopic (exact) mass is 270 g/mol. The quantitative estimate of drug-likeness (QED) is 0.481. The maximum absolute atomic E-state index is 11.3. The van der Waals surface area contributed by atoms with E-state index in [1.165, 1.54) is 32.1 Å². The van der Waals surface area contributed by atoms with Gasteiger partial charge in [0.1, 0.15) is 11.6 Å². The first-order valence-corrected chi connectivity index (χ1v) is 6.79.